The van der Waals surface area contributed by atoms with Crippen molar-refractivity contribution in [3.63, 3.8) is 0 Å². The Labute approximate surface area is 151 Å². The zero-order valence-corrected chi connectivity index (χ0v) is 14.9. The number of thioether (sulfide) groups is 1. The van der Waals surface area contributed by atoms with Gasteiger partial charge in [-0.25, -0.2) is 9.97 Å². The first-order valence-corrected chi connectivity index (χ1v) is 9.47. The van der Waals surface area contributed by atoms with Crippen molar-refractivity contribution in [2.75, 3.05) is 5.75 Å². The van der Waals surface area contributed by atoms with E-state index in [0.29, 0.717) is 0 Å². The minimum atomic E-state index is 0.723. The van der Waals surface area contributed by atoms with Gasteiger partial charge in [-0.05, 0) is 30.4 Å². The van der Waals surface area contributed by atoms with Crippen molar-refractivity contribution in [1.29, 1.82) is 0 Å². The summed E-state index contributed by atoms with van der Waals surface area (Å²) in [5, 5.41) is 0. The molecule has 4 heteroatoms. The number of hydrogen-bond donors (Lipinski definition) is 0. The van der Waals surface area contributed by atoms with Crippen molar-refractivity contribution in [2.24, 2.45) is 0 Å². The Morgan fingerprint density at radius 2 is 1.72 bits per heavy atom. The van der Waals surface area contributed by atoms with Gasteiger partial charge in [0.05, 0.1) is 11.4 Å². The summed E-state index contributed by atoms with van der Waals surface area (Å²) >= 11 is 1.89. The van der Waals surface area contributed by atoms with Crippen molar-refractivity contribution in [2.45, 2.75) is 18.2 Å². The van der Waals surface area contributed by atoms with Gasteiger partial charge in [0.15, 0.2) is 0 Å². The van der Waals surface area contributed by atoms with Crippen LogP contribution in [0.1, 0.15) is 13.3 Å². The number of hydrogen-bond acceptors (Lipinski definition) is 3. The van der Waals surface area contributed by atoms with E-state index in [1.54, 1.807) is 6.20 Å². The Hall–Kier alpha value is -2.59. The number of aromatic nitrogens is 3. The first-order valence-electron chi connectivity index (χ1n) is 8.48. The first kappa shape index (κ1) is 15.9. The van der Waals surface area contributed by atoms with Crippen LogP contribution < -0.4 is 0 Å². The van der Waals surface area contributed by atoms with E-state index in [1.807, 2.05) is 30.1 Å². The highest BCUT2D eigenvalue weighted by Crippen LogP contribution is 2.33. The summed E-state index contributed by atoms with van der Waals surface area (Å²) in [6, 6.07) is 21.0. The zero-order valence-electron chi connectivity index (χ0n) is 14.1. The van der Waals surface area contributed by atoms with Crippen molar-refractivity contribution in [3.8, 4) is 22.5 Å². The Kier molecular flexibility index (Phi) is 4.53. The second-order valence-electron chi connectivity index (χ2n) is 5.84. The highest BCUT2D eigenvalue weighted by molar-refractivity contribution is 7.99. The van der Waals surface area contributed by atoms with Crippen LogP contribution in [-0.4, -0.2) is 20.1 Å². The van der Waals surface area contributed by atoms with Gasteiger partial charge in [-0.2, -0.15) is 0 Å². The second-order valence-corrected chi connectivity index (χ2v) is 7.01. The Bertz CT molecular complexity index is 975. The molecule has 0 fully saturated rings. The first-order chi connectivity index (χ1) is 12.4. The minimum Gasteiger partial charge on any atom is -0.283 e. The predicted octanol–water partition coefficient (Wildman–Crippen LogP) is 5.57. The molecule has 0 radical (unpaired) electrons. The lowest BCUT2D eigenvalue weighted by Gasteiger charge is -2.06. The quantitative estimate of drug-likeness (QED) is 0.443. The Morgan fingerprint density at radius 3 is 2.48 bits per heavy atom. The molecule has 2 aromatic heterocycles. The lowest BCUT2D eigenvalue weighted by molar-refractivity contribution is 1.10. The molecule has 0 saturated heterocycles. The van der Waals surface area contributed by atoms with E-state index in [9.17, 15) is 0 Å². The van der Waals surface area contributed by atoms with Crippen molar-refractivity contribution >= 4 is 17.5 Å². The molecule has 0 spiro atoms. The molecular weight excluding hydrogens is 326 g/mol. The summed E-state index contributed by atoms with van der Waals surface area (Å²) < 4.78 is 2.06. The lowest BCUT2D eigenvalue weighted by atomic mass is 10.1. The number of imidazole rings is 1. The maximum Gasteiger partial charge on any atom is 0.234 e. The van der Waals surface area contributed by atoms with Gasteiger partial charge in [0, 0.05) is 28.4 Å². The van der Waals surface area contributed by atoms with Gasteiger partial charge in [0.25, 0.3) is 0 Å². The highest BCUT2D eigenvalue weighted by atomic mass is 32.2. The lowest BCUT2D eigenvalue weighted by Crippen LogP contribution is -1.90. The molecule has 0 saturated carbocycles. The third kappa shape index (κ3) is 3.17. The standard InChI is InChI=1S/C21H19N3S/c1-2-15-25-18-11-9-16(10-12-18)19-20(17-7-4-3-5-8-17)24-14-6-13-22-21(24)23-19/h3-14H,2,15H2,1H3. The normalized spacial score (nSPS) is 11.1. The molecule has 3 nitrogen and oxygen atoms in total. The molecule has 4 aromatic rings. The number of benzene rings is 2. The van der Waals surface area contributed by atoms with Gasteiger partial charge in [-0.1, -0.05) is 49.4 Å². The average Bonchev–Trinajstić information content (AvgIpc) is 3.07. The summed E-state index contributed by atoms with van der Waals surface area (Å²) in [5.41, 5.74) is 4.31. The number of nitrogens with zero attached hydrogens (tertiary/aromatic N) is 3. The third-order valence-corrected chi connectivity index (χ3v) is 5.27. The zero-order chi connectivity index (χ0) is 17.1. The van der Waals surface area contributed by atoms with Gasteiger partial charge >= 0.3 is 0 Å². The van der Waals surface area contributed by atoms with Crippen LogP contribution in [0, 0.1) is 0 Å². The van der Waals surface area contributed by atoms with Crippen molar-refractivity contribution in [3.05, 3.63) is 73.1 Å². The van der Waals surface area contributed by atoms with Crippen LogP contribution in [0.2, 0.25) is 0 Å². The van der Waals surface area contributed by atoms with E-state index >= 15 is 0 Å². The summed E-state index contributed by atoms with van der Waals surface area (Å²) in [4.78, 5) is 10.5. The van der Waals surface area contributed by atoms with Crippen LogP contribution in [0.25, 0.3) is 28.3 Å². The molecule has 0 aliphatic carbocycles. The van der Waals surface area contributed by atoms with E-state index in [0.717, 1.165) is 34.0 Å². The monoisotopic (exact) mass is 345 g/mol. The maximum atomic E-state index is 4.80. The van der Waals surface area contributed by atoms with Crippen LogP contribution in [0.4, 0.5) is 0 Å². The largest absolute Gasteiger partial charge is 0.283 e. The fourth-order valence-electron chi connectivity index (χ4n) is 2.89. The van der Waals surface area contributed by atoms with Crippen LogP contribution >= 0.6 is 11.8 Å². The molecule has 2 heterocycles. The topological polar surface area (TPSA) is 30.2 Å². The summed E-state index contributed by atoms with van der Waals surface area (Å²) in [6.07, 6.45) is 4.99. The molecule has 0 unspecified atom stereocenters. The minimum absolute atomic E-state index is 0.723. The van der Waals surface area contributed by atoms with Gasteiger partial charge in [-0.3, -0.25) is 4.40 Å². The summed E-state index contributed by atoms with van der Waals surface area (Å²) in [7, 11) is 0. The van der Waals surface area contributed by atoms with Crippen molar-refractivity contribution in [1.82, 2.24) is 14.4 Å². The highest BCUT2D eigenvalue weighted by Gasteiger charge is 2.16. The van der Waals surface area contributed by atoms with E-state index in [-0.39, 0.29) is 0 Å². The number of rotatable bonds is 5. The van der Waals surface area contributed by atoms with Gasteiger partial charge in [0.1, 0.15) is 0 Å². The Balaban J connectivity index is 1.84. The van der Waals surface area contributed by atoms with E-state index in [4.69, 9.17) is 4.98 Å². The smallest absolute Gasteiger partial charge is 0.234 e. The fraction of sp³-hybridized carbons (Fsp3) is 0.143. The van der Waals surface area contributed by atoms with Crippen molar-refractivity contribution < 1.29 is 0 Å². The molecular formula is C21H19N3S. The molecule has 0 aliphatic rings. The van der Waals surface area contributed by atoms with Crippen LogP contribution in [0.3, 0.4) is 0 Å². The fourth-order valence-corrected chi connectivity index (χ4v) is 3.66. The molecule has 124 valence electrons. The van der Waals surface area contributed by atoms with Gasteiger partial charge in [-0.15, -0.1) is 11.8 Å². The SMILES string of the molecule is CCCSc1ccc(-c2nc3ncccn3c2-c2ccccc2)cc1. The Morgan fingerprint density at radius 1 is 0.920 bits per heavy atom. The molecule has 0 bridgehead atoms. The third-order valence-electron chi connectivity index (χ3n) is 4.05. The molecule has 4 rings (SSSR count). The molecule has 0 N–H and O–H groups in total. The molecule has 25 heavy (non-hydrogen) atoms. The average molecular weight is 345 g/mol. The van der Waals surface area contributed by atoms with Crippen LogP contribution in [0.5, 0.6) is 0 Å². The summed E-state index contributed by atoms with van der Waals surface area (Å²) in [6.45, 7) is 2.21. The van der Waals surface area contributed by atoms with Crippen LogP contribution in [0.15, 0.2) is 78.0 Å². The summed E-state index contributed by atoms with van der Waals surface area (Å²) in [5.74, 6) is 1.87. The maximum absolute atomic E-state index is 4.80. The van der Waals surface area contributed by atoms with Gasteiger partial charge < -0.3 is 0 Å². The van der Waals surface area contributed by atoms with Gasteiger partial charge in [0.2, 0.25) is 5.78 Å². The van der Waals surface area contributed by atoms with Crippen LogP contribution in [-0.2, 0) is 0 Å². The molecule has 0 amide bonds. The molecule has 2 aromatic carbocycles. The predicted molar refractivity (Wildman–Crippen MR) is 105 cm³/mol. The van der Waals surface area contributed by atoms with E-state index in [1.165, 1.54) is 11.3 Å². The van der Waals surface area contributed by atoms with E-state index < -0.39 is 0 Å². The molecule has 0 aliphatic heterocycles. The molecule has 0 atom stereocenters. The van der Waals surface area contributed by atoms with E-state index in [2.05, 4.69) is 64.8 Å². The number of fused-ring (bicyclic) bond motifs is 1. The second kappa shape index (κ2) is 7.11.